The van der Waals surface area contributed by atoms with Crippen molar-refractivity contribution in [3.63, 3.8) is 0 Å². The Hall–Kier alpha value is -2.96. The molecule has 154 valence electrons. The van der Waals surface area contributed by atoms with E-state index in [9.17, 15) is 13.2 Å². The Bertz CT molecular complexity index is 1100. The zero-order valence-electron chi connectivity index (χ0n) is 16.6. The average molecular weight is 421 g/mol. The van der Waals surface area contributed by atoms with Gasteiger partial charge in [0, 0.05) is 18.8 Å². The number of rotatable bonds is 6. The molecular weight excluding hydrogens is 396 g/mol. The number of anilines is 1. The summed E-state index contributed by atoms with van der Waals surface area (Å²) in [5.41, 5.74) is 3.74. The van der Waals surface area contributed by atoms with Crippen molar-refractivity contribution in [3.05, 3.63) is 84.4 Å². The van der Waals surface area contributed by atoms with Crippen molar-refractivity contribution >= 4 is 21.6 Å². The molecule has 0 unspecified atom stereocenters. The van der Waals surface area contributed by atoms with E-state index in [4.69, 9.17) is 0 Å². The van der Waals surface area contributed by atoms with E-state index in [1.807, 2.05) is 42.5 Å². The van der Waals surface area contributed by atoms with Crippen LogP contribution >= 0.6 is 0 Å². The molecule has 30 heavy (non-hydrogen) atoms. The molecule has 1 fully saturated rings. The van der Waals surface area contributed by atoms with Gasteiger partial charge in [-0.1, -0.05) is 54.6 Å². The third-order valence-corrected chi connectivity index (χ3v) is 7.18. The molecule has 0 aliphatic carbocycles. The normalized spacial score (nSPS) is 14.5. The maximum Gasteiger partial charge on any atom is 0.243 e. The molecule has 1 amide bonds. The Balaban J connectivity index is 1.37. The van der Waals surface area contributed by atoms with E-state index >= 15 is 0 Å². The number of nitrogens with one attached hydrogen (secondary N) is 1. The summed E-state index contributed by atoms with van der Waals surface area (Å²) < 4.78 is 26.7. The lowest BCUT2D eigenvalue weighted by molar-refractivity contribution is -0.115. The summed E-state index contributed by atoms with van der Waals surface area (Å²) in [6.45, 7) is 1.15. The highest BCUT2D eigenvalue weighted by Crippen LogP contribution is 2.23. The molecule has 1 N–H and O–H groups in total. The van der Waals surface area contributed by atoms with Crippen molar-refractivity contribution in [2.24, 2.45) is 0 Å². The van der Waals surface area contributed by atoms with Gasteiger partial charge in [-0.15, -0.1) is 0 Å². The molecule has 4 rings (SSSR count). The fourth-order valence-corrected chi connectivity index (χ4v) is 5.14. The van der Waals surface area contributed by atoms with Gasteiger partial charge in [-0.3, -0.25) is 4.79 Å². The largest absolute Gasteiger partial charge is 0.326 e. The maximum atomic E-state index is 12.6. The molecule has 0 aromatic heterocycles. The summed E-state index contributed by atoms with van der Waals surface area (Å²) in [4.78, 5) is 12.7. The molecule has 0 radical (unpaired) electrons. The van der Waals surface area contributed by atoms with Gasteiger partial charge in [0.25, 0.3) is 0 Å². The number of sulfonamides is 1. The second kappa shape index (κ2) is 8.81. The van der Waals surface area contributed by atoms with E-state index in [-0.39, 0.29) is 17.2 Å². The number of carbonyl (C=O) groups is 1. The fourth-order valence-electron chi connectivity index (χ4n) is 3.62. The second-order valence-electron chi connectivity index (χ2n) is 7.42. The van der Waals surface area contributed by atoms with Crippen LogP contribution in [0.5, 0.6) is 0 Å². The van der Waals surface area contributed by atoms with Gasteiger partial charge in [-0.05, 0) is 53.8 Å². The summed E-state index contributed by atoms with van der Waals surface area (Å²) in [7, 11) is -3.44. The Labute approximate surface area is 177 Å². The van der Waals surface area contributed by atoms with Gasteiger partial charge in [0.05, 0.1) is 11.3 Å². The van der Waals surface area contributed by atoms with Gasteiger partial charge in [0.1, 0.15) is 0 Å². The van der Waals surface area contributed by atoms with Crippen LogP contribution in [0.4, 0.5) is 5.69 Å². The first-order valence-corrected chi connectivity index (χ1v) is 11.5. The van der Waals surface area contributed by atoms with E-state index in [2.05, 4.69) is 17.4 Å². The first-order valence-electron chi connectivity index (χ1n) is 10.1. The van der Waals surface area contributed by atoms with Crippen LogP contribution in [-0.4, -0.2) is 31.7 Å². The molecule has 1 aliphatic heterocycles. The molecule has 0 saturated carbocycles. The zero-order chi connectivity index (χ0) is 21.0. The van der Waals surface area contributed by atoms with Gasteiger partial charge >= 0.3 is 0 Å². The van der Waals surface area contributed by atoms with Crippen LogP contribution in [0.1, 0.15) is 18.4 Å². The van der Waals surface area contributed by atoms with Crippen LogP contribution in [0.2, 0.25) is 0 Å². The Morgan fingerprint density at radius 2 is 1.40 bits per heavy atom. The quantitative estimate of drug-likeness (QED) is 0.646. The number of carbonyl (C=O) groups excluding carboxylic acids is 1. The molecule has 3 aromatic rings. The Morgan fingerprint density at radius 3 is 2.03 bits per heavy atom. The zero-order valence-corrected chi connectivity index (χ0v) is 17.4. The highest BCUT2D eigenvalue weighted by atomic mass is 32.2. The SMILES string of the molecule is O=C(Cc1ccc(-c2ccccc2)cc1)Nc1ccc(S(=O)(=O)N2CCCC2)cc1. The molecular formula is C24H24N2O3S. The van der Waals surface area contributed by atoms with Crippen molar-refractivity contribution in [2.75, 3.05) is 18.4 Å². The van der Waals surface area contributed by atoms with Gasteiger partial charge in [-0.2, -0.15) is 4.31 Å². The van der Waals surface area contributed by atoms with E-state index in [1.165, 1.54) is 4.31 Å². The van der Waals surface area contributed by atoms with Gasteiger partial charge in [0.15, 0.2) is 0 Å². The molecule has 1 aliphatic rings. The minimum absolute atomic E-state index is 0.141. The lowest BCUT2D eigenvalue weighted by Gasteiger charge is -2.15. The fraction of sp³-hybridized carbons (Fsp3) is 0.208. The summed E-state index contributed by atoms with van der Waals surface area (Å²) in [5.74, 6) is -0.141. The third-order valence-electron chi connectivity index (χ3n) is 5.27. The number of amides is 1. The van der Waals surface area contributed by atoms with Crippen molar-refractivity contribution in [3.8, 4) is 11.1 Å². The maximum absolute atomic E-state index is 12.6. The molecule has 0 spiro atoms. The summed E-state index contributed by atoms with van der Waals surface area (Å²) in [5, 5.41) is 2.84. The first-order chi connectivity index (χ1) is 14.5. The highest BCUT2D eigenvalue weighted by Gasteiger charge is 2.26. The number of benzene rings is 3. The summed E-state index contributed by atoms with van der Waals surface area (Å²) in [6, 6.07) is 24.4. The minimum Gasteiger partial charge on any atom is -0.326 e. The van der Waals surface area contributed by atoms with Crippen molar-refractivity contribution in [1.82, 2.24) is 4.31 Å². The predicted octanol–water partition coefficient (Wildman–Crippen LogP) is 4.32. The Morgan fingerprint density at radius 1 is 0.800 bits per heavy atom. The van der Waals surface area contributed by atoms with Crippen molar-refractivity contribution < 1.29 is 13.2 Å². The van der Waals surface area contributed by atoms with E-state index in [0.717, 1.165) is 29.5 Å². The smallest absolute Gasteiger partial charge is 0.243 e. The second-order valence-corrected chi connectivity index (χ2v) is 9.36. The summed E-state index contributed by atoms with van der Waals surface area (Å²) in [6.07, 6.45) is 2.06. The number of hydrogen-bond donors (Lipinski definition) is 1. The lowest BCUT2D eigenvalue weighted by atomic mass is 10.0. The Kier molecular flexibility index (Phi) is 5.97. The van der Waals surface area contributed by atoms with Crippen molar-refractivity contribution in [1.29, 1.82) is 0 Å². The molecule has 1 saturated heterocycles. The molecule has 5 nitrogen and oxygen atoms in total. The number of hydrogen-bond acceptors (Lipinski definition) is 3. The van der Waals surface area contributed by atoms with E-state index < -0.39 is 10.0 Å². The predicted molar refractivity (Wildman–Crippen MR) is 119 cm³/mol. The van der Waals surface area contributed by atoms with Crippen molar-refractivity contribution in [2.45, 2.75) is 24.2 Å². The highest BCUT2D eigenvalue weighted by molar-refractivity contribution is 7.89. The number of nitrogens with zero attached hydrogens (tertiary/aromatic N) is 1. The van der Waals surface area contributed by atoms with Crippen LogP contribution in [0, 0.1) is 0 Å². The van der Waals surface area contributed by atoms with Gasteiger partial charge in [-0.25, -0.2) is 8.42 Å². The topological polar surface area (TPSA) is 66.5 Å². The molecule has 0 atom stereocenters. The lowest BCUT2D eigenvalue weighted by Crippen LogP contribution is -2.27. The van der Waals surface area contributed by atoms with Crippen LogP contribution < -0.4 is 5.32 Å². The minimum atomic E-state index is -3.44. The van der Waals surface area contributed by atoms with Crippen LogP contribution in [-0.2, 0) is 21.2 Å². The molecule has 6 heteroatoms. The molecule has 1 heterocycles. The van der Waals surface area contributed by atoms with Crippen LogP contribution in [0.3, 0.4) is 0 Å². The average Bonchev–Trinajstić information content (AvgIpc) is 3.31. The molecule has 3 aromatic carbocycles. The van der Waals surface area contributed by atoms with Crippen LogP contribution in [0.25, 0.3) is 11.1 Å². The third kappa shape index (κ3) is 4.61. The van der Waals surface area contributed by atoms with Gasteiger partial charge < -0.3 is 5.32 Å². The monoisotopic (exact) mass is 420 g/mol. The first kappa shape index (κ1) is 20.3. The van der Waals surface area contributed by atoms with E-state index in [1.54, 1.807) is 24.3 Å². The standard InChI is InChI=1S/C24H24N2O3S/c27-24(18-19-8-10-21(11-9-19)20-6-2-1-3-7-20)25-22-12-14-23(15-13-22)30(28,29)26-16-4-5-17-26/h1-3,6-15H,4-5,16-18H2,(H,25,27). The van der Waals surface area contributed by atoms with Crippen LogP contribution in [0.15, 0.2) is 83.8 Å². The summed E-state index contributed by atoms with van der Waals surface area (Å²) >= 11 is 0. The molecule has 0 bridgehead atoms. The van der Waals surface area contributed by atoms with E-state index in [0.29, 0.717) is 18.8 Å². The van der Waals surface area contributed by atoms with Gasteiger partial charge in [0.2, 0.25) is 15.9 Å².